The maximum Gasteiger partial charge on any atom is 0.407 e. The second kappa shape index (κ2) is 9.12. The van der Waals surface area contributed by atoms with Crippen LogP contribution in [-0.2, 0) is 11.3 Å². The van der Waals surface area contributed by atoms with Crippen molar-refractivity contribution in [3.63, 3.8) is 0 Å². The van der Waals surface area contributed by atoms with Crippen LogP contribution in [0.3, 0.4) is 0 Å². The molecule has 24 heavy (non-hydrogen) atoms. The Morgan fingerprint density at radius 2 is 2.12 bits per heavy atom. The molecular weight excluding hydrogens is 312 g/mol. The zero-order valence-electron chi connectivity index (χ0n) is 13.4. The van der Waals surface area contributed by atoms with Crippen molar-refractivity contribution >= 4 is 6.09 Å². The van der Waals surface area contributed by atoms with Crippen LogP contribution in [0.4, 0.5) is 4.79 Å². The summed E-state index contributed by atoms with van der Waals surface area (Å²) in [5.41, 5.74) is 9.35. The zero-order chi connectivity index (χ0) is 17.4. The molecule has 1 saturated heterocycles. The number of hydrogen-bond donors (Lipinski definition) is 2. The Bertz CT molecular complexity index is 577. The summed E-state index contributed by atoms with van der Waals surface area (Å²) in [7, 11) is 0. The fourth-order valence-electron chi connectivity index (χ4n) is 2.80. The first-order valence-electron chi connectivity index (χ1n) is 7.99. The lowest BCUT2D eigenvalue weighted by Crippen LogP contribution is -2.38. The quantitative estimate of drug-likeness (QED) is 0.452. The maximum atomic E-state index is 11.4. The van der Waals surface area contributed by atoms with Gasteiger partial charge in [0.15, 0.2) is 6.29 Å². The molecule has 0 radical (unpaired) electrons. The van der Waals surface area contributed by atoms with Crippen LogP contribution in [0.5, 0.6) is 0 Å². The van der Waals surface area contributed by atoms with Crippen LogP contribution in [0, 0.1) is 0 Å². The lowest BCUT2D eigenvalue weighted by atomic mass is 10.0. The molecule has 1 amide bonds. The summed E-state index contributed by atoms with van der Waals surface area (Å²) >= 11 is 0. The molecule has 0 bridgehead atoms. The Morgan fingerprint density at radius 3 is 2.75 bits per heavy atom. The maximum absolute atomic E-state index is 11.4. The molecule has 130 valence electrons. The number of aliphatic hydroxyl groups excluding tert-OH is 1. The number of carbonyl (C=O) groups is 1. The molecule has 1 fully saturated rings. The molecule has 8 heteroatoms. The summed E-state index contributed by atoms with van der Waals surface area (Å²) < 4.78 is 5.44. The summed E-state index contributed by atoms with van der Waals surface area (Å²) in [6.45, 7) is 0.753. The zero-order valence-corrected chi connectivity index (χ0v) is 13.4. The molecule has 0 saturated carbocycles. The van der Waals surface area contributed by atoms with Crippen molar-refractivity contribution in [1.82, 2.24) is 4.90 Å². The van der Waals surface area contributed by atoms with Gasteiger partial charge in [-0.05, 0) is 36.8 Å². The van der Waals surface area contributed by atoms with Crippen molar-refractivity contribution in [2.24, 2.45) is 5.11 Å². The van der Waals surface area contributed by atoms with Gasteiger partial charge in [-0.3, -0.25) is 0 Å². The van der Waals surface area contributed by atoms with Gasteiger partial charge in [0, 0.05) is 18.0 Å². The largest absolute Gasteiger partial charge is 0.465 e. The number of aliphatic hydroxyl groups is 1. The minimum Gasteiger partial charge on any atom is -0.465 e. The van der Waals surface area contributed by atoms with E-state index in [1.807, 2.05) is 30.3 Å². The normalized spacial score (nSPS) is 23.3. The third-order valence-corrected chi connectivity index (χ3v) is 4.09. The Hall–Kier alpha value is -2.28. The first-order chi connectivity index (χ1) is 11.6. The molecule has 8 nitrogen and oxygen atoms in total. The van der Waals surface area contributed by atoms with E-state index in [9.17, 15) is 15.0 Å². The Balaban J connectivity index is 1.77. The van der Waals surface area contributed by atoms with Crippen molar-refractivity contribution in [1.29, 1.82) is 0 Å². The van der Waals surface area contributed by atoms with Crippen LogP contribution < -0.4 is 0 Å². The molecule has 0 spiro atoms. The summed E-state index contributed by atoms with van der Waals surface area (Å²) in [5.74, 6) is 0. The monoisotopic (exact) mass is 334 g/mol. The fourth-order valence-corrected chi connectivity index (χ4v) is 2.80. The highest BCUT2D eigenvalue weighted by atomic mass is 16.6. The van der Waals surface area contributed by atoms with Gasteiger partial charge in [-0.25, -0.2) is 4.79 Å². The predicted molar refractivity (Wildman–Crippen MR) is 87.2 cm³/mol. The second-order valence-electron chi connectivity index (χ2n) is 5.83. The Labute approximate surface area is 140 Å². The molecular formula is C16H22N4O4. The molecule has 2 rings (SSSR count). The van der Waals surface area contributed by atoms with E-state index in [4.69, 9.17) is 10.3 Å². The number of benzene rings is 1. The lowest BCUT2D eigenvalue weighted by Gasteiger charge is -2.31. The standard InChI is InChI=1S/C16H22N4O4/c17-19-18-14-9-8-13(24-15(14)21)7-4-10-20(16(22)23)11-12-5-2-1-3-6-12/h1-3,5-6,13-15,21H,4,7-11H2,(H,22,23)/t13-,14?,15?/m0/s1. The average Bonchev–Trinajstić information content (AvgIpc) is 2.57. The topological polar surface area (TPSA) is 119 Å². The van der Waals surface area contributed by atoms with Gasteiger partial charge in [-0.15, -0.1) is 0 Å². The van der Waals surface area contributed by atoms with Gasteiger partial charge in [-0.1, -0.05) is 35.4 Å². The molecule has 1 heterocycles. The Kier molecular flexibility index (Phi) is 6.87. The number of carboxylic acid groups (broad SMARTS) is 1. The van der Waals surface area contributed by atoms with E-state index in [0.29, 0.717) is 38.8 Å². The van der Waals surface area contributed by atoms with Crippen LogP contribution in [0.15, 0.2) is 35.4 Å². The van der Waals surface area contributed by atoms with E-state index in [1.165, 1.54) is 4.90 Å². The highest BCUT2D eigenvalue weighted by molar-refractivity contribution is 5.64. The van der Waals surface area contributed by atoms with Crippen molar-refractivity contribution < 1.29 is 19.7 Å². The van der Waals surface area contributed by atoms with Crippen LogP contribution in [0.25, 0.3) is 10.4 Å². The summed E-state index contributed by atoms with van der Waals surface area (Å²) in [5, 5.41) is 22.6. The summed E-state index contributed by atoms with van der Waals surface area (Å²) in [6.07, 6.45) is 0.375. The number of ether oxygens (including phenoxy) is 1. The third kappa shape index (κ3) is 5.42. The highest BCUT2D eigenvalue weighted by Gasteiger charge is 2.28. The molecule has 0 aromatic heterocycles. The van der Waals surface area contributed by atoms with Crippen LogP contribution in [0.2, 0.25) is 0 Å². The Morgan fingerprint density at radius 1 is 1.38 bits per heavy atom. The highest BCUT2D eigenvalue weighted by Crippen LogP contribution is 2.24. The number of rotatable bonds is 7. The van der Waals surface area contributed by atoms with E-state index in [1.54, 1.807) is 0 Å². The van der Waals surface area contributed by atoms with Crippen molar-refractivity contribution in [3.05, 3.63) is 46.3 Å². The van der Waals surface area contributed by atoms with E-state index in [2.05, 4.69) is 10.0 Å². The van der Waals surface area contributed by atoms with Crippen LogP contribution in [-0.4, -0.2) is 46.2 Å². The van der Waals surface area contributed by atoms with Gasteiger partial charge >= 0.3 is 6.09 Å². The number of amides is 1. The molecule has 1 aliphatic rings. The lowest BCUT2D eigenvalue weighted by molar-refractivity contribution is -0.173. The van der Waals surface area contributed by atoms with Gasteiger partial charge < -0.3 is 19.8 Å². The molecule has 1 aromatic rings. The molecule has 1 aromatic carbocycles. The SMILES string of the molecule is [N-]=[N+]=NC1CC[C@H](CCCN(Cc2ccccc2)C(=O)O)OC1O. The van der Waals surface area contributed by atoms with E-state index >= 15 is 0 Å². The molecule has 3 atom stereocenters. The van der Waals surface area contributed by atoms with E-state index < -0.39 is 18.4 Å². The predicted octanol–water partition coefficient (Wildman–Crippen LogP) is 3.12. The summed E-state index contributed by atoms with van der Waals surface area (Å²) in [6, 6.07) is 8.90. The smallest absolute Gasteiger partial charge is 0.407 e. The summed E-state index contributed by atoms with van der Waals surface area (Å²) in [4.78, 5) is 15.4. The average molecular weight is 334 g/mol. The van der Waals surface area contributed by atoms with E-state index in [-0.39, 0.29) is 6.10 Å². The van der Waals surface area contributed by atoms with Crippen molar-refractivity contribution in [3.8, 4) is 0 Å². The van der Waals surface area contributed by atoms with Crippen molar-refractivity contribution in [2.45, 2.75) is 50.7 Å². The molecule has 1 aliphatic heterocycles. The first-order valence-corrected chi connectivity index (χ1v) is 7.99. The van der Waals surface area contributed by atoms with Crippen LogP contribution in [0.1, 0.15) is 31.2 Å². The van der Waals surface area contributed by atoms with Gasteiger partial charge in [0.1, 0.15) is 0 Å². The third-order valence-electron chi connectivity index (χ3n) is 4.09. The number of azide groups is 1. The van der Waals surface area contributed by atoms with Gasteiger partial charge in [0.25, 0.3) is 0 Å². The molecule has 2 unspecified atom stereocenters. The molecule has 2 N–H and O–H groups in total. The minimum absolute atomic E-state index is 0.141. The number of nitrogens with zero attached hydrogens (tertiary/aromatic N) is 4. The van der Waals surface area contributed by atoms with Crippen LogP contribution >= 0.6 is 0 Å². The first kappa shape index (κ1) is 18.1. The van der Waals surface area contributed by atoms with E-state index in [0.717, 1.165) is 5.56 Å². The second-order valence-corrected chi connectivity index (χ2v) is 5.83. The fraction of sp³-hybridized carbons (Fsp3) is 0.562. The number of hydrogen-bond acceptors (Lipinski definition) is 4. The van der Waals surface area contributed by atoms with Crippen molar-refractivity contribution in [2.75, 3.05) is 6.54 Å². The molecule has 0 aliphatic carbocycles. The van der Waals surface area contributed by atoms with Gasteiger partial charge in [0.2, 0.25) is 0 Å². The minimum atomic E-state index is -1.08. The van der Waals surface area contributed by atoms with Gasteiger partial charge in [-0.2, -0.15) is 0 Å². The van der Waals surface area contributed by atoms with Gasteiger partial charge in [0.05, 0.1) is 12.1 Å².